The van der Waals surface area contributed by atoms with E-state index in [1.54, 1.807) is 10.7 Å². The summed E-state index contributed by atoms with van der Waals surface area (Å²) in [4.78, 5) is 12.4. The van der Waals surface area contributed by atoms with E-state index in [2.05, 4.69) is 20.6 Å². The summed E-state index contributed by atoms with van der Waals surface area (Å²) < 4.78 is 1.75. The molecule has 0 radical (unpaired) electrons. The molecule has 0 saturated heterocycles. The van der Waals surface area contributed by atoms with Crippen LogP contribution < -0.4 is 5.32 Å². The summed E-state index contributed by atoms with van der Waals surface area (Å²) in [6, 6.07) is 9.77. The Hall–Kier alpha value is -2.89. The lowest BCUT2D eigenvalue weighted by Gasteiger charge is -2.03. The average Bonchev–Trinajstić information content (AvgIpc) is 3.09. The minimum Gasteiger partial charge on any atom is -0.318 e. The van der Waals surface area contributed by atoms with Crippen molar-refractivity contribution in [3.63, 3.8) is 0 Å². The van der Waals surface area contributed by atoms with Gasteiger partial charge in [-0.1, -0.05) is 29.8 Å². The largest absolute Gasteiger partial charge is 0.318 e. The zero-order valence-electron chi connectivity index (χ0n) is 13.6. The number of H-pyrrole nitrogens is 1. The molecular weight excluding hydrogens is 290 g/mol. The van der Waals surface area contributed by atoms with Crippen LogP contribution in [0.2, 0.25) is 0 Å². The summed E-state index contributed by atoms with van der Waals surface area (Å²) in [5, 5.41) is 14.2. The molecule has 0 saturated carbocycles. The number of benzene rings is 1. The molecule has 2 heterocycles. The van der Waals surface area contributed by atoms with E-state index in [4.69, 9.17) is 0 Å². The number of carbonyl (C=O) groups excluding carboxylic acids is 1. The Kier molecular flexibility index (Phi) is 3.73. The first-order chi connectivity index (χ1) is 11.0. The highest BCUT2D eigenvalue weighted by atomic mass is 16.2. The Morgan fingerprint density at radius 1 is 1.17 bits per heavy atom. The molecule has 0 fully saturated rings. The lowest BCUT2D eigenvalue weighted by Crippen LogP contribution is -2.13. The first-order valence-electron chi connectivity index (χ1n) is 7.39. The van der Waals surface area contributed by atoms with Crippen molar-refractivity contribution in [3.8, 4) is 11.3 Å². The van der Waals surface area contributed by atoms with Gasteiger partial charge >= 0.3 is 0 Å². The van der Waals surface area contributed by atoms with Crippen LogP contribution in [-0.4, -0.2) is 25.9 Å². The predicted molar refractivity (Wildman–Crippen MR) is 89.4 cm³/mol. The second-order valence-corrected chi connectivity index (χ2v) is 5.66. The first kappa shape index (κ1) is 15.0. The molecule has 2 N–H and O–H groups in total. The van der Waals surface area contributed by atoms with Gasteiger partial charge in [-0.05, 0) is 26.8 Å². The third-order valence-electron chi connectivity index (χ3n) is 3.92. The van der Waals surface area contributed by atoms with Gasteiger partial charge in [-0.15, -0.1) is 0 Å². The lowest BCUT2D eigenvalue weighted by atomic mass is 10.1. The van der Waals surface area contributed by atoms with Gasteiger partial charge in [-0.2, -0.15) is 10.2 Å². The van der Waals surface area contributed by atoms with Crippen molar-refractivity contribution in [1.29, 1.82) is 0 Å². The number of carbonyl (C=O) groups is 1. The summed E-state index contributed by atoms with van der Waals surface area (Å²) in [5.74, 6) is -0.227. The summed E-state index contributed by atoms with van der Waals surface area (Å²) in [6.07, 6.45) is 0. The molecule has 0 bridgehead atoms. The number of nitrogens with one attached hydrogen (secondary N) is 2. The molecule has 0 unspecified atom stereocenters. The third-order valence-corrected chi connectivity index (χ3v) is 3.92. The normalized spacial score (nSPS) is 10.8. The van der Waals surface area contributed by atoms with Gasteiger partial charge < -0.3 is 5.32 Å². The quantitative estimate of drug-likeness (QED) is 0.781. The molecule has 0 spiro atoms. The van der Waals surface area contributed by atoms with Crippen molar-refractivity contribution in [2.45, 2.75) is 20.8 Å². The molecule has 0 aliphatic heterocycles. The highest BCUT2D eigenvalue weighted by Crippen LogP contribution is 2.21. The molecule has 118 valence electrons. The molecule has 0 aliphatic rings. The van der Waals surface area contributed by atoms with Crippen LogP contribution in [0.15, 0.2) is 30.3 Å². The van der Waals surface area contributed by atoms with Crippen molar-refractivity contribution in [3.05, 3.63) is 53.0 Å². The lowest BCUT2D eigenvalue weighted by molar-refractivity contribution is 0.102. The molecule has 6 nitrogen and oxygen atoms in total. The maximum absolute atomic E-state index is 12.4. The van der Waals surface area contributed by atoms with Crippen molar-refractivity contribution in [2.24, 2.45) is 7.05 Å². The number of aromatic nitrogens is 4. The van der Waals surface area contributed by atoms with E-state index in [-0.39, 0.29) is 5.91 Å². The van der Waals surface area contributed by atoms with Crippen LogP contribution in [0.1, 0.15) is 27.4 Å². The molecule has 3 aromatic rings. The van der Waals surface area contributed by atoms with Crippen LogP contribution in [-0.2, 0) is 7.05 Å². The van der Waals surface area contributed by atoms with Gasteiger partial charge in [0.15, 0.2) is 0 Å². The minimum atomic E-state index is -0.227. The third kappa shape index (κ3) is 2.88. The van der Waals surface area contributed by atoms with Crippen LogP contribution in [0, 0.1) is 20.8 Å². The monoisotopic (exact) mass is 309 g/mol. The number of hydrogen-bond donors (Lipinski definition) is 2. The number of nitrogens with zero attached hydrogens (tertiary/aromatic N) is 3. The number of anilines is 1. The summed E-state index contributed by atoms with van der Waals surface area (Å²) >= 11 is 0. The molecular formula is C17H19N5O. The number of amides is 1. The van der Waals surface area contributed by atoms with Crippen LogP contribution >= 0.6 is 0 Å². The Balaban J connectivity index is 1.82. The topological polar surface area (TPSA) is 75.6 Å². The highest BCUT2D eigenvalue weighted by molar-refractivity contribution is 6.04. The van der Waals surface area contributed by atoms with Crippen molar-refractivity contribution in [2.75, 3.05) is 5.32 Å². The van der Waals surface area contributed by atoms with E-state index in [0.717, 1.165) is 28.3 Å². The van der Waals surface area contributed by atoms with E-state index in [9.17, 15) is 4.79 Å². The fourth-order valence-corrected chi connectivity index (χ4v) is 2.45. The van der Waals surface area contributed by atoms with Crippen LogP contribution in [0.3, 0.4) is 0 Å². The van der Waals surface area contributed by atoms with Crippen LogP contribution in [0.4, 0.5) is 5.69 Å². The SMILES string of the molecule is Cc1ccc(-c2cc(C(=O)Nc3c(C)nn(C)c3C)[nH]n2)cc1. The smallest absolute Gasteiger partial charge is 0.273 e. The zero-order valence-corrected chi connectivity index (χ0v) is 13.6. The Bertz CT molecular complexity index is 858. The van der Waals surface area contributed by atoms with Crippen molar-refractivity contribution < 1.29 is 4.79 Å². The molecule has 23 heavy (non-hydrogen) atoms. The summed E-state index contributed by atoms with van der Waals surface area (Å²) in [7, 11) is 1.85. The molecule has 0 atom stereocenters. The maximum atomic E-state index is 12.4. The van der Waals surface area contributed by atoms with Crippen LogP contribution in [0.5, 0.6) is 0 Å². The van der Waals surface area contributed by atoms with Crippen LogP contribution in [0.25, 0.3) is 11.3 Å². The number of aromatic amines is 1. The van der Waals surface area contributed by atoms with Crippen molar-refractivity contribution in [1.82, 2.24) is 20.0 Å². The Labute approximate surface area is 134 Å². The van der Waals surface area contributed by atoms with Gasteiger partial charge in [0.25, 0.3) is 5.91 Å². The molecule has 2 aromatic heterocycles. The minimum absolute atomic E-state index is 0.227. The van der Waals surface area contributed by atoms with Gasteiger partial charge in [0.2, 0.25) is 0 Å². The fourth-order valence-electron chi connectivity index (χ4n) is 2.45. The summed E-state index contributed by atoms with van der Waals surface area (Å²) in [5.41, 5.74) is 5.76. The van der Waals surface area contributed by atoms with E-state index in [1.165, 1.54) is 5.56 Å². The second-order valence-electron chi connectivity index (χ2n) is 5.66. The number of aryl methyl sites for hydroxylation is 3. The molecule has 3 rings (SSSR count). The van der Waals surface area contributed by atoms with Gasteiger partial charge in [0.05, 0.1) is 22.8 Å². The van der Waals surface area contributed by atoms with Gasteiger partial charge in [-0.25, -0.2) is 0 Å². The van der Waals surface area contributed by atoms with Gasteiger partial charge in [0.1, 0.15) is 5.69 Å². The molecule has 6 heteroatoms. The highest BCUT2D eigenvalue weighted by Gasteiger charge is 2.16. The van der Waals surface area contributed by atoms with Crippen molar-refractivity contribution >= 4 is 11.6 Å². The second kappa shape index (κ2) is 5.72. The van der Waals surface area contributed by atoms with E-state index >= 15 is 0 Å². The van der Waals surface area contributed by atoms with Gasteiger partial charge in [0, 0.05) is 12.6 Å². The maximum Gasteiger partial charge on any atom is 0.273 e. The Morgan fingerprint density at radius 2 is 1.87 bits per heavy atom. The molecule has 1 aromatic carbocycles. The van der Waals surface area contributed by atoms with Gasteiger partial charge in [-0.3, -0.25) is 14.6 Å². The average molecular weight is 309 g/mol. The number of rotatable bonds is 3. The standard InChI is InChI=1S/C17H19N5O/c1-10-5-7-13(8-6-10)14-9-15(20-19-14)17(23)18-16-11(2)21-22(4)12(16)3/h5-9H,1-4H3,(H,18,23)(H,19,20). The first-order valence-corrected chi connectivity index (χ1v) is 7.39. The molecule has 0 aliphatic carbocycles. The Morgan fingerprint density at radius 3 is 2.48 bits per heavy atom. The van der Waals surface area contributed by atoms with E-state index in [0.29, 0.717) is 5.69 Å². The van der Waals surface area contributed by atoms with E-state index in [1.807, 2.05) is 52.1 Å². The van der Waals surface area contributed by atoms with E-state index < -0.39 is 0 Å². The zero-order chi connectivity index (χ0) is 16.6. The number of hydrogen-bond acceptors (Lipinski definition) is 3. The summed E-state index contributed by atoms with van der Waals surface area (Å²) in [6.45, 7) is 5.82. The predicted octanol–water partition coefficient (Wildman–Crippen LogP) is 2.99. The molecule has 1 amide bonds. The fraction of sp³-hybridized carbons (Fsp3) is 0.235.